The van der Waals surface area contributed by atoms with Crippen LogP contribution >= 0.6 is 7.82 Å². The van der Waals surface area contributed by atoms with Crippen LogP contribution in [0, 0.1) is 0 Å². The predicted octanol–water partition coefficient (Wildman–Crippen LogP) is 18.4. The Kier molecular flexibility index (Phi) is 52.1. The summed E-state index contributed by atoms with van der Waals surface area (Å²) in [6, 6.07) is 0. The number of phosphoric ester groups is 1. The maximum Gasteiger partial charge on any atom is 0.306 e. The Bertz CT molecular complexity index is 1150. The van der Waals surface area contributed by atoms with Crippen molar-refractivity contribution in [2.45, 2.75) is 328 Å². The second kappa shape index (κ2) is 52.9. The van der Waals surface area contributed by atoms with E-state index in [1.807, 2.05) is 21.1 Å². The molecule has 0 fully saturated rings. The highest BCUT2D eigenvalue weighted by Gasteiger charge is 2.22. The Morgan fingerprint density at radius 3 is 0.914 bits per heavy atom. The van der Waals surface area contributed by atoms with E-state index in [2.05, 4.69) is 13.8 Å². The molecule has 70 heavy (non-hydrogen) atoms. The summed E-state index contributed by atoms with van der Waals surface area (Å²) in [6.07, 6.45) is 61.1. The van der Waals surface area contributed by atoms with Crippen LogP contribution in [-0.2, 0) is 32.7 Å². The molecule has 9 nitrogen and oxygen atoms in total. The van der Waals surface area contributed by atoms with E-state index in [0.717, 1.165) is 38.5 Å². The first-order valence-corrected chi connectivity index (χ1v) is 32.2. The van der Waals surface area contributed by atoms with Crippen LogP contribution in [0.15, 0.2) is 0 Å². The summed E-state index contributed by atoms with van der Waals surface area (Å²) in [7, 11) is 1.18. The molecule has 0 heterocycles. The third-order valence-corrected chi connectivity index (χ3v) is 15.1. The van der Waals surface area contributed by atoms with Gasteiger partial charge >= 0.3 is 11.9 Å². The van der Waals surface area contributed by atoms with Gasteiger partial charge in [0.25, 0.3) is 7.82 Å². The van der Waals surface area contributed by atoms with Crippen LogP contribution in [0.1, 0.15) is 322 Å². The van der Waals surface area contributed by atoms with Crippen molar-refractivity contribution in [1.82, 2.24) is 0 Å². The highest BCUT2D eigenvalue weighted by Crippen LogP contribution is 2.38. The third kappa shape index (κ3) is 56.3. The lowest BCUT2D eigenvalue weighted by Crippen LogP contribution is -2.37. The van der Waals surface area contributed by atoms with Crippen molar-refractivity contribution in [2.24, 2.45) is 0 Å². The summed E-state index contributed by atoms with van der Waals surface area (Å²) in [4.78, 5) is 37.4. The van der Waals surface area contributed by atoms with Crippen molar-refractivity contribution < 1.29 is 42.1 Å². The first-order valence-electron chi connectivity index (χ1n) is 30.7. The van der Waals surface area contributed by atoms with Crippen molar-refractivity contribution in [1.29, 1.82) is 0 Å². The molecule has 0 radical (unpaired) electrons. The number of hydrogen-bond acceptors (Lipinski definition) is 8. The van der Waals surface area contributed by atoms with E-state index in [4.69, 9.17) is 18.5 Å². The molecule has 0 saturated carbocycles. The minimum atomic E-state index is -4.61. The summed E-state index contributed by atoms with van der Waals surface area (Å²) in [5.74, 6) is -0.827. The molecule has 0 aliphatic heterocycles. The molecule has 418 valence electrons. The van der Waals surface area contributed by atoms with Crippen molar-refractivity contribution in [3.8, 4) is 0 Å². The second-order valence-corrected chi connectivity index (χ2v) is 23.9. The molecular weight excluding hydrogens is 894 g/mol. The zero-order valence-electron chi connectivity index (χ0n) is 47.5. The summed E-state index contributed by atoms with van der Waals surface area (Å²) < 4.78 is 33.9. The minimum Gasteiger partial charge on any atom is -0.756 e. The SMILES string of the molecule is CCCCCCCCCCCCCCCCCCCCCCCCCCCCCCCCCCCCCCCCCCC(=O)OC(COC(=O)CCCCCCCC)COP(=O)([O-])OCC[N+](C)(C)C. The number of rotatable bonds is 58. The lowest BCUT2D eigenvalue weighted by Gasteiger charge is -2.28. The Hall–Kier alpha value is -0.990. The number of quaternary nitrogens is 1. The molecule has 0 rings (SSSR count). The lowest BCUT2D eigenvalue weighted by molar-refractivity contribution is -0.870. The number of unbranched alkanes of at least 4 members (excludes halogenated alkanes) is 44. The monoisotopic (exact) mass is 1010 g/mol. The van der Waals surface area contributed by atoms with Gasteiger partial charge in [0.1, 0.15) is 19.8 Å². The predicted molar refractivity (Wildman–Crippen MR) is 296 cm³/mol. The second-order valence-electron chi connectivity index (χ2n) is 22.4. The number of carbonyl (C=O) groups excluding carboxylic acids is 2. The van der Waals surface area contributed by atoms with Crippen LogP contribution in [0.3, 0.4) is 0 Å². The van der Waals surface area contributed by atoms with Gasteiger partial charge in [-0.2, -0.15) is 0 Å². The van der Waals surface area contributed by atoms with Crippen LogP contribution < -0.4 is 4.89 Å². The molecule has 0 aromatic rings. The first kappa shape index (κ1) is 69.0. The number of esters is 2. The molecule has 0 aromatic carbocycles. The molecule has 0 aliphatic rings. The molecule has 10 heteroatoms. The van der Waals surface area contributed by atoms with Gasteiger partial charge < -0.3 is 27.9 Å². The van der Waals surface area contributed by atoms with Crippen molar-refractivity contribution >= 4 is 19.8 Å². The summed E-state index contributed by atoms with van der Waals surface area (Å²) in [6.45, 7) is 4.21. The topological polar surface area (TPSA) is 111 Å². The third-order valence-electron chi connectivity index (χ3n) is 14.1. The number of likely N-dealkylation sites (N-methyl/N-ethyl adjacent to an activating group) is 1. The molecule has 0 saturated heterocycles. The van der Waals surface area contributed by atoms with Gasteiger partial charge in [-0.25, -0.2) is 0 Å². The van der Waals surface area contributed by atoms with Crippen molar-refractivity contribution in [3.63, 3.8) is 0 Å². The van der Waals surface area contributed by atoms with E-state index in [0.29, 0.717) is 17.4 Å². The van der Waals surface area contributed by atoms with Gasteiger partial charge in [0.15, 0.2) is 6.10 Å². The van der Waals surface area contributed by atoms with E-state index >= 15 is 0 Å². The normalized spacial score (nSPS) is 13.2. The smallest absolute Gasteiger partial charge is 0.306 e. The van der Waals surface area contributed by atoms with Crippen molar-refractivity contribution in [3.05, 3.63) is 0 Å². The fraction of sp³-hybridized carbons (Fsp3) is 0.967. The number of nitrogens with zero attached hydrogens (tertiary/aromatic N) is 1. The van der Waals surface area contributed by atoms with Gasteiger partial charge in [0, 0.05) is 12.8 Å². The molecule has 0 spiro atoms. The molecular formula is C60H120NO8P. The molecule has 0 aliphatic carbocycles. The lowest BCUT2D eigenvalue weighted by atomic mass is 10.0. The first-order chi connectivity index (χ1) is 34.0. The maximum absolute atomic E-state index is 12.7. The zero-order valence-corrected chi connectivity index (χ0v) is 48.4. The van der Waals surface area contributed by atoms with E-state index < -0.39 is 26.5 Å². The quantitative estimate of drug-likeness (QED) is 0.0256. The van der Waals surface area contributed by atoms with Crippen LogP contribution in [0.4, 0.5) is 0 Å². The Labute approximate surface area is 435 Å². The fourth-order valence-electron chi connectivity index (χ4n) is 9.37. The Balaban J connectivity index is 3.67. The van der Waals surface area contributed by atoms with E-state index in [1.54, 1.807) is 0 Å². The summed E-state index contributed by atoms with van der Waals surface area (Å²) >= 11 is 0. The minimum absolute atomic E-state index is 0.0260. The summed E-state index contributed by atoms with van der Waals surface area (Å²) in [5, 5.41) is 0. The standard InChI is InChI=1S/C60H120NO8P/c1-6-8-10-12-14-15-16-17-18-19-20-21-22-23-24-25-26-27-28-29-30-31-32-33-34-35-36-37-38-39-40-41-42-43-44-45-46-47-49-51-53-60(63)69-58(56-66-59(62)52-50-48-13-11-9-7-2)57-68-70(64,65)67-55-54-61(3,4)5/h58H,6-57H2,1-5H3. The highest BCUT2D eigenvalue weighted by atomic mass is 31.2. The maximum atomic E-state index is 12.7. The van der Waals surface area contributed by atoms with Crippen LogP contribution in [0.25, 0.3) is 0 Å². The summed E-state index contributed by atoms with van der Waals surface area (Å²) in [5.41, 5.74) is 0. The Morgan fingerprint density at radius 1 is 0.386 bits per heavy atom. The van der Waals surface area contributed by atoms with Gasteiger partial charge in [-0.3, -0.25) is 14.2 Å². The molecule has 0 bridgehead atoms. The van der Waals surface area contributed by atoms with E-state index in [9.17, 15) is 19.0 Å². The number of ether oxygens (including phenoxy) is 2. The van der Waals surface area contributed by atoms with E-state index in [-0.39, 0.29) is 32.0 Å². The molecule has 0 amide bonds. The average molecular weight is 1010 g/mol. The van der Waals surface area contributed by atoms with Crippen molar-refractivity contribution in [2.75, 3.05) is 47.5 Å². The highest BCUT2D eigenvalue weighted by molar-refractivity contribution is 7.45. The van der Waals surface area contributed by atoms with Gasteiger partial charge in [0.2, 0.25) is 0 Å². The Morgan fingerprint density at radius 2 is 0.643 bits per heavy atom. The van der Waals surface area contributed by atoms with Gasteiger partial charge in [-0.1, -0.05) is 296 Å². The average Bonchev–Trinajstić information content (AvgIpc) is 3.32. The fourth-order valence-corrected chi connectivity index (χ4v) is 10.1. The van der Waals surface area contributed by atoms with E-state index in [1.165, 1.54) is 250 Å². The molecule has 0 aromatic heterocycles. The molecule has 0 N–H and O–H groups in total. The number of phosphoric acid groups is 1. The number of hydrogen-bond donors (Lipinski definition) is 0. The van der Waals surface area contributed by atoms with Crippen LogP contribution in [0.2, 0.25) is 0 Å². The zero-order chi connectivity index (χ0) is 51.3. The van der Waals surface area contributed by atoms with Gasteiger partial charge in [-0.15, -0.1) is 0 Å². The number of carbonyl (C=O) groups is 2. The molecule has 2 atom stereocenters. The van der Waals surface area contributed by atoms with Gasteiger partial charge in [0.05, 0.1) is 27.7 Å². The van der Waals surface area contributed by atoms with Crippen LogP contribution in [0.5, 0.6) is 0 Å². The van der Waals surface area contributed by atoms with Gasteiger partial charge in [-0.05, 0) is 12.8 Å². The largest absolute Gasteiger partial charge is 0.756 e. The molecule has 2 unspecified atom stereocenters. The van der Waals surface area contributed by atoms with Crippen LogP contribution in [-0.4, -0.2) is 70.0 Å².